The van der Waals surface area contributed by atoms with Crippen LogP contribution in [0.2, 0.25) is 10.0 Å². The highest BCUT2D eigenvalue weighted by Crippen LogP contribution is 2.32. The van der Waals surface area contributed by atoms with Crippen LogP contribution in [0.4, 0.5) is 5.82 Å². The van der Waals surface area contributed by atoms with E-state index in [1.807, 2.05) is 0 Å². The molecule has 2 aromatic heterocycles. The number of halogens is 2. The fourth-order valence-electron chi connectivity index (χ4n) is 4.50. The standard InChI is InChI=1S/C26H25Cl2N7O6/c27-15-2-1-3-16(28)14(15)9-40-13-6-4-12(5-7-13)8-17(29)24(37)34-18-20(36)25(41-21(18)26(38)39)35-11-33-19-22(30)31-10-32-23(19)35/h1-7,10-11,17-18,20-21,25,36H,8-9,29H2,(H,34,37)(H,38,39)(H2,30,31,32)/t17-,18-,20+,21-,25+/m0/s1. The van der Waals surface area contributed by atoms with Crippen LogP contribution in [0, 0.1) is 0 Å². The van der Waals surface area contributed by atoms with Gasteiger partial charge >= 0.3 is 5.97 Å². The van der Waals surface area contributed by atoms with Crippen LogP contribution in [0.25, 0.3) is 11.2 Å². The molecule has 41 heavy (non-hydrogen) atoms. The van der Waals surface area contributed by atoms with Crippen LogP contribution >= 0.6 is 23.2 Å². The molecule has 0 bridgehead atoms. The highest BCUT2D eigenvalue weighted by atomic mass is 35.5. The lowest BCUT2D eigenvalue weighted by Gasteiger charge is -2.22. The molecule has 0 spiro atoms. The summed E-state index contributed by atoms with van der Waals surface area (Å²) in [6.45, 7) is 0.173. The number of aromatic nitrogens is 4. The first-order chi connectivity index (χ1) is 19.6. The van der Waals surface area contributed by atoms with Crippen LogP contribution in [0.1, 0.15) is 17.4 Å². The molecule has 0 aliphatic carbocycles. The summed E-state index contributed by atoms with van der Waals surface area (Å²) >= 11 is 12.4. The lowest BCUT2D eigenvalue weighted by molar-refractivity contribution is -0.152. The van der Waals surface area contributed by atoms with Gasteiger partial charge in [0.05, 0.1) is 18.4 Å². The van der Waals surface area contributed by atoms with E-state index in [4.69, 9.17) is 44.1 Å². The van der Waals surface area contributed by atoms with Crippen molar-refractivity contribution in [3.63, 3.8) is 0 Å². The predicted octanol–water partition coefficient (Wildman–Crippen LogP) is 1.69. The van der Waals surface area contributed by atoms with Gasteiger partial charge in [0.25, 0.3) is 0 Å². The summed E-state index contributed by atoms with van der Waals surface area (Å²) in [6, 6.07) is 9.77. The second-order valence-electron chi connectivity index (χ2n) is 9.34. The maximum atomic E-state index is 13.0. The van der Waals surface area contributed by atoms with Gasteiger partial charge < -0.3 is 36.5 Å². The van der Waals surface area contributed by atoms with E-state index in [-0.39, 0.29) is 30.0 Å². The largest absolute Gasteiger partial charge is 0.489 e. The molecule has 1 aliphatic heterocycles. The Morgan fingerprint density at radius 2 is 1.83 bits per heavy atom. The molecule has 15 heteroatoms. The van der Waals surface area contributed by atoms with Crippen molar-refractivity contribution < 1.29 is 29.3 Å². The predicted molar refractivity (Wildman–Crippen MR) is 148 cm³/mol. The first kappa shape index (κ1) is 28.5. The molecule has 5 atom stereocenters. The Bertz CT molecular complexity index is 1560. The first-order valence-electron chi connectivity index (χ1n) is 12.3. The summed E-state index contributed by atoms with van der Waals surface area (Å²) in [4.78, 5) is 37.0. The monoisotopic (exact) mass is 601 g/mol. The quantitative estimate of drug-likeness (QED) is 0.187. The molecule has 0 unspecified atom stereocenters. The number of aliphatic carboxylic acids is 1. The number of carboxylic acid groups (broad SMARTS) is 1. The van der Waals surface area contributed by atoms with Crippen LogP contribution < -0.4 is 21.5 Å². The number of imidazole rings is 1. The second-order valence-corrected chi connectivity index (χ2v) is 10.2. The average molecular weight is 602 g/mol. The summed E-state index contributed by atoms with van der Waals surface area (Å²) < 4.78 is 12.7. The Hall–Kier alpha value is -4.01. The molecule has 0 saturated carbocycles. The number of carbonyl (C=O) groups excluding carboxylic acids is 1. The minimum atomic E-state index is -1.56. The van der Waals surface area contributed by atoms with Crippen LogP contribution in [-0.4, -0.2) is 65.9 Å². The number of aliphatic hydroxyl groups excluding tert-OH is 1. The molecule has 7 N–H and O–H groups in total. The summed E-state index contributed by atoms with van der Waals surface area (Å²) in [6.07, 6.45) is -1.61. The Morgan fingerprint density at radius 3 is 2.51 bits per heavy atom. The third-order valence-corrected chi connectivity index (χ3v) is 7.35. The molecule has 1 amide bonds. The van der Waals surface area contributed by atoms with Gasteiger partial charge in [0.2, 0.25) is 5.91 Å². The van der Waals surface area contributed by atoms with Crippen molar-refractivity contribution in [1.82, 2.24) is 24.8 Å². The van der Waals surface area contributed by atoms with E-state index < -0.39 is 42.4 Å². The Labute approximate surface area is 243 Å². The molecule has 4 aromatic rings. The van der Waals surface area contributed by atoms with E-state index in [1.165, 1.54) is 17.2 Å². The smallest absolute Gasteiger partial charge is 0.335 e. The van der Waals surface area contributed by atoms with Gasteiger partial charge in [-0.05, 0) is 36.2 Å². The van der Waals surface area contributed by atoms with Crippen molar-refractivity contribution in [2.75, 3.05) is 5.73 Å². The number of amides is 1. The number of nitrogen functional groups attached to an aromatic ring is 1. The molecule has 1 saturated heterocycles. The van der Waals surface area contributed by atoms with Crippen LogP contribution in [0.15, 0.2) is 55.1 Å². The first-order valence-corrected chi connectivity index (χ1v) is 13.1. The molecule has 13 nitrogen and oxygen atoms in total. The fourth-order valence-corrected chi connectivity index (χ4v) is 5.00. The topological polar surface area (TPSA) is 201 Å². The van der Waals surface area contributed by atoms with E-state index in [2.05, 4.69) is 20.3 Å². The highest BCUT2D eigenvalue weighted by Gasteiger charge is 2.49. The normalized spacial score (nSPS) is 21.1. The molecule has 3 heterocycles. The third kappa shape index (κ3) is 5.89. The number of hydrogen-bond acceptors (Lipinski definition) is 10. The number of fused-ring (bicyclic) bond motifs is 1. The van der Waals surface area contributed by atoms with E-state index in [1.54, 1.807) is 42.5 Å². The number of anilines is 1. The Morgan fingerprint density at radius 1 is 1.12 bits per heavy atom. The van der Waals surface area contributed by atoms with E-state index in [9.17, 15) is 19.8 Å². The van der Waals surface area contributed by atoms with Crippen molar-refractivity contribution >= 4 is 52.1 Å². The molecule has 0 radical (unpaired) electrons. The van der Waals surface area contributed by atoms with Gasteiger partial charge in [-0.25, -0.2) is 19.7 Å². The summed E-state index contributed by atoms with van der Waals surface area (Å²) in [5, 5.41) is 24.2. The average Bonchev–Trinajstić information content (AvgIpc) is 3.51. The van der Waals surface area contributed by atoms with Gasteiger partial charge in [-0.15, -0.1) is 0 Å². The molecule has 5 rings (SSSR count). The number of nitrogens with zero attached hydrogens (tertiary/aromatic N) is 4. The van der Waals surface area contributed by atoms with Gasteiger partial charge in [-0.3, -0.25) is 9.36 Å². The summed E-state index contributed by atoms with van der Waals surface area (Å²) in [5.41, 5.74) is 13.8. The third-order valence-electron chi connectivity index (χ3n) is 6.65. The van der Waals surface area contributed by atoms with E-state index in [0.717, 1.165) is 5.56 Å². The summed E-state index contributed by atoms with van der Waals surface area (Å²) in [7, 11) is 0. The van der Waals surface area contributed by atoms with Gasteiger partial charge in [0, 0.05) is 15.6 Å². The van der Waals surface area contributed by atoms with Gasteiger partial charge in [-0.2, -0.15) is 0 Å². The minimum absolute atomic E-state index is 0.108. The summed E-state index contributed by atoms with van der Waals surface area (Å²) in [5.74, 6) is -1.38. The van der Waals surface area contributed by atoms with Gasteiger partial charge in [0.15, 0.2) is 23.8 Å². The maximum absolute atomic E-state index is 13.0. The van der Waals surface area contributed by atoms with Crippen molar-refractivity contribution in [3.8, 4) is 5.75 Å². The molecule has 2 aromatic carbocycles. The lowest BCUT2D eigenvalue weighted by atomic mass is 10.0. The number of aliphatic hydroxyl groups is 1. The Balaban J connectivity index is 1.22. The molecule has 1 aliphatic rings. The minimum Gasteiger partial charge on any atom is -0.489 e. The van der Waals surface area contributed by atoms with Crippen LogP contribution in [0.3, 0.4) is 0 Å². The number of nitrogens with one attached hydrogen (secondary N) is 1. The number of carbonyl (C=O) groups is 2. The zero-order chi connectivity index (χ0) is 29.3. The van der Waals surface area contributed by atoms with Crippen molar-refractivity contribution in [1.29, 1.82) is 0 Å². The van der Waals surface area contributed by atoms with E-state index >= 15 is 0 Å². The SMILES string of the molecule is Nc1ncnc2c1ncn2[C@@H]1O[C@H](C(=O)O)[C@@H](NC(=O)[C@@H](N)Cc2ccc(OCc3c(Cl)cccc3Cl)cc2)[C@H]1O. The van der Waals surface area contributed by atoms with E-state index in [0.29, 0.717) is 21.4 Å². The second kappa shape index (κ2) is 11.8. The lowest BCUT2D eigenvalue weighted by Crippen LogP contribution is -2.54. The van der Waals surface area contributed by atoms with Crippen molar-refractivity contribution in [3.05, 3.63) is 76.3 Å². The van der Waals surface area contributed by atoms with Crippen molar-refractivity contribution in [2.24, 2.45) is 5.73 Å². The number of benzene rings is 2. The van der Waals surface area contributed by atoms with Crippen LogP contribution in [-0.2, 0) is 27.4 Å². The number of nitrogens with two attached hydrogens (primary N) is 2. The maximum Gasteiger partial charge on any atom is 0.335 e. The number of carboxylic acids is 1. The highest BCUT2D eigenvalue weighted by molar-refractivity contribution is 6.35. The molecule has 214 valence electrons. The number of hydrogen-bond donors (Lipinski definition) is 5. The zero-order valence-corrected chi connectivity index (χ0v) is 22.7. The van der Waals surface area contributed by atoms with Gasteiger partial charge in [0.1, 0.15) is 30.3 Å². The Kier molecular flexibility index (Phi) is 8.24. The van der Waals surface area contributed by atoms with Crippen molar-refractivity contribution in [2.45, 2.75) is 43.5 Å². The van der Waals surface area contributed by atoms with Crippen LogP contribution in [0.5, 0.6) is 5.75 Å². The van der Waals surface area contributed by atoms with Gasteiger partial charge in [-0.1, -0.05) is 41.4 Å². The zero-order valence-electron chi connectivity index (χ0n) is 21.2. The number of ether oxygens (including phenoxy) is 2. The number of rotatable bonds is 9. The molecular formula is C26H25Cl2N7O6. The molecule has 1 fully saturated rings. The molecular weight excluding hydrogens is 577 g/mol. The fraction of sp³-hybridized carbons (Fsp3) is 0.269.